The Labute approximate surface area is 180 Å². The molecule has 5 nitrogen and oxygen atoms in total. The van der Waals surface area contributed by atoms with E-state index in [1.165, 1.54) is 3.70 Å². The Hall–Kier alpha value is -2.55. The molecule has 0 unspecified atom stereocenters. The van der Waals surface area contributed by atoms with Crippen molar-refractivity contribution in [1.29, 1.82) is 0 Å². The molecule has 138 valence electrons. The Morgan fingerprint density at radius 2 is 1.72 bits per heavy atom. The standard InChI is InChI=1S/C22H11N3O2SeTe/c26-20-16-5-13-9-28-10-14(13)6-17(16)21(27)18(20)7-15-1-2-19(29-15)25-4-3-12-8-23-11-24-22(12)25/h1-11H. The van der Waals surface area contributed by atoms with Crippen LogP contribution in [0.5, 0.6) is 0 Å². The predicted octanol–water partition coefficient (Wildman–Crippen LogP) is 3.15. The van der Waals surface area contributed by atoms with Crippen LogP contribution < -0.4 is 0 Å². The number of rotatable bonds is 2. The number of hydrogen-bond acceptors (Lipinski definition) is 4. The number of fused-ring (bicyclic) bond motifs is 3. The normalized spacial score (nSPS) is 13.6. The van der Waals surface area contributed by atoms with Gasteiger partial charge in [0, 0.05) is 0 Å². The molecule has 7 heteroatoms. The third-order valence-corrected chi connectivity index (χ3v) is 9.66. The zero-order valence-corrected chi connectivity index (χ0v) is 18.9. The summed E-state index contributed by atoms with van der Waals surface area (Å²) in [6.45, 7) is 0. The first kappa shape index (κ1) is 17.3. The van der Waals surface area contributed by atoms with Crippen LogP contribution in [0.1, 0.15) is 24.3 Å². The van der Waals surface area contributed by atoms with Gasteiger partial charge < -0.3 is 0 Å². The minimum atomic E-state index is -0.732. The van der Waals surface area contributed by atoms with Crippen LogP contribution in [0.2, 0.25) is 0 Å². The van der Waals surface area contributed by atoms with Crippen molar-refractivity contribution in [3.8, 4) is 3.70 Å². The second-order valence-electron chi connectivity index (χ2n) is 6.78. The summed E-state index contributed by atoms with van der Waals surface area (Å²) in [4.78, 5) is 38.6. The van der Waals surface area contributed by atoms with E-state index in [2.05, 4.69) is 30.5 Å². The van der Waals surface area contributed by atoms with Crippen molar-refractivity contribution in [2.75, 3.05) is 0 Å². The average Bonchev–Trinajstić information content (AvgIpc) is 3.50. The van der Waals surface area contributed by atoms with Crippen LogP contribution in [0, 0.1) is 0 Å². The third kappa shape index (κ3) is 2.67. The topological polar surface area (TPSA) is 64.8 Å². The summed E-state index contributed by atoms with van der Waals surface area (Å²) in [5, 5.41) is 3.14. The number of carbonyl (C=O) groups excluding carboxylic acids is 2. The van der Waals surface area contributed by atoms with Gasteiger partial charge in [0.05, 0.1) is 0 Å². The van der Waals surface area contributed by atoms with Crippen LogP contribution in [-0.2, 0) is 0 Å². The zero-order valence-electron chi connectivity index (χ0n) is 14.8. The summed E-state index contributed by atoms with van der Waals surface area (Å²) < 4.78 is 4.32. The van der Waals surface area contributed by atoms with Crippen molar-refractivity contribution in [3.05, 3.63) is 79.2 Å². The molecule has 1 aliphatic rings. The molecule has 4 heterocycles. The third-order valence-electron chi connectivity index (χ3n) is 5.08. The molecule has 0 saturated heterocycles. The maximum atomic E-state index is 12.9. The predicted molar refractivity (Wildman–Crippen MR) is 113 cm³/mol. The van der Waals surface area contributed by atoms with Gasteiger partial charge in [0.2, 0.25) is 0 Å². The molecule has 0 aliphatic heterocycles. The van der Waals surface area contributed by atoms with Gasteiger partial charge in [-0.2, -0.15) is 0 Å². The van der Waals surface area contributed by atoms with Gasteiger partial charge in [0.25, 0.3) is 0 Å². The van der Waals surface area contributed by atoms with Gasteiger partial charge in [0.15, 0.2) is 0 Å². The molecule has 0 radical (unpaired) electrons. The SMILES string of the molecule is O=C1C(=Cc2ccc(-n3ccc4cncnc43)[te]2)C(=O)c2cc3c[se]cc3cc21. The molecule has 0 fully saturated rings. The van der Waals surface area contributed by atoms with Gasteiger partial charge in [-0.1, -0.05) is 0 Å². The molecule has 0 amide bonds. The summed E-state index contributed by atoms with van der Waals surface area (Å²) in [6, 6.07) is 9.84. The van der Waals surface area contributed by atoms with Crippen LogP contribution >= 0.6 is 0 Å². The Kier molecular flexibility index (Phi) is 3.87. The van der Waals surface area contributed by atoms with Crippen molar-refractivity contribution >= 4 is 74.4 Å². The van der Waals surface area contributed by atoms with Crippen LogP contribution in [0.3, 0.4) is 0 Å². The van der Waals surface area contributed by atoms with Crippen molar-refractivity contribution in [3.63, 3.8) is 0 Å². The molecular formula is C22H11N3O2SeTe. The van der Waals surface area contributed by atoms with E-state index < -0.39 is 20.4 Å². The number of ketones is 2. The Morgan fingerprint density at radius 3 is 2.48 bits per heavy atom. The summed E-state index contributed by atoms with van der Waals surface area (Å²) in [6.07, 6.45) is 7.15. The van der Waals surface area contributed by atoms with Gasteiger partial charge in [0.1, 0.15) is 0 Å². The molecular weight excluding hydrogens is 545 g/mol. The van der Waals surface area contributed by atoms with Crippen molar-refractivity contribution in [1.82, 2.24) is 14.5 Å². The quantitative estimate of drug-likeness (QED) is 0.191. The van der Waals surface area contributed by atoms with Crippen molar-refractivity contribution < 1.29 is 9.59 Å². The number of hydrogen-bond donors (Lipinski definition) is 0. The molecule has 0 bridgehead atoms. The van der Waals surface area contributed by atoms with Crippen LogP contribution in [0.25, 0.3) is 31.6 Å². The fraction of sp³-hybridized carbons (Fsp3) is 0. The van der Waals surface area contributed by atoms with Crippen LogP contribution in [0.15, 0.2) is 64.5 Å². The van der Waals surface area contributed by atoms with E-state index in [0.717, 1.165) is 25.4 Å². The second-order valence-corrected chi connectivity index (χ2v) is 11.5. The fourth-order valence-electron chi connectivity index (χ4n) is 3.67. The second kappa shape index (κ2) is 6.48. The number of benzene rings is 1. The Morgan fingerprint density at radius 1 is 0.966 bits per heavy atom. The van der Waals surface area contributed by atoms with Gasteiger partial charge >= 0.3 is 181 Å². The van der Waals surface area contributed by atoms with E-state index in [-0.39, 0.29) is 11.6 Å². The molecule has 29 heavy (non-hydrogen) atoms. The minimum absolute atomic E-state index is 0.151. The molecule has 0 N–H and O–H groups in total. The molecule has 1 aliphatic carbocycles. The van der Waals surface area contributed by atoms with Gasteiger partial charge in [-0.15, -0.1) is 0 Å². The number of nitrogens with zero attached hydrogens (tertiary/aromatic N) is 3. The van der Waals surface area contributed by atoms with Gasteiger partial charge in [-0.3, -0.25) is 0 Å². The monoisotopic (exact) mass is 559 g/mol. The summed E-state index contributed by atoms with van der Waals surface area (Å²) in [7, 11) is 0. The van der Waals surface area contributed by atoms with E-state index in [1.807, 2.05) is 30.5 Å². The Balaban J connectivity index is 1.41. The first-order chi connectivity index (χ1) is 14.2. The zero-order chi connectivity index (χ0) is 19.5. The molecule has 0 spiro atoms. The van der Waals surface area contributed by atoms with Crippen molar-refractivity contribution in [2.24, 2.45) is 0 Å². The number of allylic oxidation sites excluding steroid dienone is 1. The van der Waals surface area contributed by atoms with Crippen LogP contribution in [-0.4, -0.2) is 61.0 Å². The molecule has 5 aromatic rings. The molecule has 6 rings (SSSR count). The maximum absolute atomic E-state index is 12.9. The molecule has 0 saturated carbocycles. The average molecular weight is 556 g/mol. The van der Waals surface area contributed by atoms with Gasteiger partial charge in [-0.05, 0) is 0 Å². The van der Waals surface area contributed by atoms with Crippen LogP contribution in [0.4, 0.5) is 0 Å². The van der Waals surface area contributed by atoms with E-state index in [4.69, 9.17) is 0 Å². The molecule has 1 aromatic carbocycles. The Bertz CT molecular complexity index is 1450. The number of carbonyl (C=O) groups is 2. The van der Waals surface area contributed by atoms with E-state index in [1.54, 1.807) is 18.6 Å². The van der Waals surface area contributed by atoms with Gasteiger partial charge in [-0.25, -0.2) is 0 Å². The summed E-state index contributed by atoms with van der Waals surface area (Å²) in [5.41, 5.74) is 2.26. The van der Waals surface area contributed by atoms with Crippen molar-refractivity contribution in [2.45, 2.75) is 0 Å². The molecule has 4 aromatic heterocycles. The first-order valence-electron chi connectivity index (χ1n) is 8.87. The fourth-order valence-corrected chi connectivity index (χ4v) is 7.95. The summed E-state index contributed by atoms with van der Waals surface area (Å²) in [5.74, 6) is -0.303. The molecule has 0 atom stereocenters. The van der Waals surface area contributed by atoms with E-state index in [9.17, 15) is 9.59 Å². The van der Waals surface area contributed by atoms with E-state index in [0.29, 0.717) is 31.2 Å². The number of aromatic nitrogens is 3. The van der Waals surface area contributed by atoms with E-state index >= 15 is 0 Å². The summed E-state index contributed by atoms with van der Waals surface area (Å²) >= 11 is -0.415. The number of Topliss-reactive ketones (excluding diaryl/α,β-unsaturated/α-hetero) is 2. The first-order valence-corrected chi connectivity index (χ1v) is 13.2.